The first-order valence-corrected chi connectivity index (χ1v) is 11.2. The van der Waals surface area contributed by atoms with Crippen LogP contribution in [0.4, 0.5) is 5.69 Å². The maximum Gasteiger partial charge on any atom is 0.234 e. The Morgan fingerprint density at radius 2 is 2.03 bits per heavy atom. The van der Waals surface area contributed by atoms with Crippen LogP contribution in [0, 0.1) is 0 Å². The Bertz CT molecular complexity index is 960. The van der Waals surface area contributed by atoms with Gasteiger partial charge >= 0.3 is 0 Å². The molecule has 8 heteroatoms. The van der Waals surface area contributed by atoms with E-state index in [0.717, 1.165) is 16.3 Å². The van der Waals surface area contributed by atoms with E-state index in [2.05, 4.69) is 22.1 Å². The molecule has 1 aromatic heterocycles. The van der Waals surface area contributed by atoms with Crippen LogP contribution in [0.3, 0.4) is 0 Å². The molecule has 0 saturated heterocycles. The van der Waals surface area contributed by atoms with Gasteiger partial charge in [-0.1, -0.05) is 42.1 Å². The van der Waals surface area contributed by atoms with Crippen molar-refractivity contribution in [3.63, 3.8) is 0 Å². The lowest BCUT2D eigenvalue weighted by molar-refractivity contribution is -0.113. The van der Waals surface area contributed by atoms with Crippen LogP contribution in [0.5, 0.6) is 5.75 Å². The summed E-state index contributed by atoms with van der Waals surface area (Å²) in [5.74, 6) is 1.59. The average molecular weight is 427 g/mol. The van der Waals surface area contributed by atoms with Crippen LogP contribution in [0.2, 0.25) is 0 Å². The molecular formula is C21H22N4O2S2. The molecule has 0 radical (unpaired) electrons. The summed E-state index contributed by atoms with van der Waals surface area (Å²) in [7, 11) is 0. The molecule has 0 spiro atoms. The molecule has 1 amide bonds. The zero-order valence-corrected chi connectivity index (χ0v) is 17.7. The molecule has 0 aliphatic rings. The van der Waals surface area contributed by atoms with Crippen LogP contribution in [0.1, 0.15) is 5.82 Å². The quantitative estimate of drug-likeness (QED) is 0.380. The van der Waals surface area contributed by atoms with Gasteiger partial charge < -0.3 is 10.1 Å². The minimum absolute atomic E-state index is 0.0940. The van der Waals surface area contributed by atoms with Gasteiger partial charge in [0.15, 0.2) is 11.0 Å². The summed E-state index contributed by atoms with van der Waals surface area (Å²) < 4.78 is 7.68. The summed E-state index contributed by atoms with van der Waals surface area (Å²) in [6.07, 6.45) is 3.77. The molecule has 1 N–H and O–H groups in total. The monoisotopic (exact) mass is 426 g/mol. The minimum Gasteiger partial charge on any atom is -0.486 e. The third kappa shape index (κ3) is 6.13. The van der Waals surface area contributed by atoms with E-state index in [1.165, 1.54) is 11.8 Å². The summed E-state index contributed by atoms with van der Waals surface area (Å²) in [4.78, 5) is 13.4. The maximum atomic E-state index is 12.3. The first-order chi connectivity index (χ1) is 14.2. The van der Waals surface area contributed by atoms with Crippen LogP contribution in [-0.4, -0.2) is 32.7 Å². The lowest BCUT2D eigenvalue weighted by Gasteiger charge is -2.09. The molecule has 1 heterocycles. The van der Waals surface area contributed by atoms with E-state index in [1.54, 1.807) is 17.8 Å². The zero-order valence-electron chi connectivity index (χ0n) is 16.1. The van der Waals surface area contributed by atoms with Crippen molar-refractivity contribution in [3.8, 4) is 5.75 Å². The molecule has 0 unspecified atom stereocenters. The highest BCUT2D eigenvalue weighted by atomic mass is 32.2. The van der Waals surface area contributed by atoms with Gasteiger partial charge in [-0.15, -0.1) is 28.5 Å². The van der Waals surface area contributed by atoms with Crippen molar-refractivity contribution in [1.82, 2.24) is 14.8 Å². The fourth-order valence-corrected chi connectivity index (χ4v) is 3.76. The summed E-state index contributed by atoms with van der Waals surface area (Å²) in [5.41, 5.74) is 0.784. The number of benzene rings is 2. The third-order valence-electron chi connectivity index (χ3n) is 3.90. The second-order valence-electron chi connectivity index (χ2n) is 5.97. The first kappa shape index (κ1) is 21.0. The normalized spacial score (nSPS) is 10.5. The predicted molar refractivity (Wildman–Crippen MR) is 119 cm³/mol. The Labute approximate surface area is 178 Å². The van der Waals surface area contributed by atoms with Gasteiger partial charge in [0, 0.05) is 17.1 Å². The van der Waals surface area contributed by atoms with Gasteiger partial charge in [0.1, 0.15) is 12.4 Å². The van der Waals surface area contributed by atoms with Crippen molar-refractivity contribution in [2.75, 3.05) is 17.3 Å². The second kappa shape index (κ2) is 10.7. The number of para-hydroxylation sites is 1. The molecule has 3 rings (SSSR count). The molecular weight excluding hydrogens is 404 g/mol. The number of hydrogen-bond donors (Lipinski definition) is 1. The molecule has 0 bridgehead atoms. The van der Waals surface area contributed by atoms with Crippen molar-refractivity contribution < 1.29 is 9.53 Å². The Hall–Kier alpha value is -2.71. The fraction of sp³-hybridized carbons (Fsp3) is 0.190. The number of thioether (sulfide) groups is 2. The number of carbonyl (C=O) groups is 1. The largest absolute Gasteiger partial charge is 0.486 e. The first-order valence-electron chi connectivity index (χ1n) is 8.97. The van der Waals surface area contributed by atoms with E-state index in [0.29, 0.717) is 24.1 Å². The molecule has 0 saturated carbocycles. The topological polar surface area (TPSA) is 69.0 Å². The number of aromatic nitrogens is 3. The Morgan fingerprint density at radius 3 is 2.79 bits per heavy atom. The number of nitrogens with one attached hydrogen (secondary N) is 1. The smallest absolute Gasteiger partial charge is 0.234 e. The number of anilines is 1. The Kier molecular flexibility index (Phi) is 7.77. The Morgan fingerprint density at radius 1 is 1.21 bits per heavy atom. The van der Waals surface area contributed by atoms with Crippen molar-refractivity contribution in [3.05, 3.63) is 73.1 Å². The van der Waals surface area contributed by atoms with Gasteiger partial charge in [-0.05, 0) is 36.6 Å². The fourth-order valence-electron chi connectivity index (χ4n) is 2.54. The predicted octanol–water partition coefficient (Wildman–Crippen LogP) is 4.50. The van der Waals surface area contributed by atoms with E-state index < -0.39 is 0 Å². The summed E-state index contributed by atoms with van der Waals surface area (Å²) in [5, 5.41) is 12.0. The van der Waals surface area contributed by atoms with Crippen LogP contribution in [-0.2, 0) is 17.9 Å². The number of rotatable bonds is 10. The van der Waals surface area contributed by atoms with Gasteiger partial charge in [0.2, 0.25) is 5.91 Å². The summed E-state index contributed by atoms with van der Waals surface area (Å²) in [6.45, 7) is 4.63. The van der Waals surface area contributed by atoms with Crippen molar-refractivity contribution in [1.29, 1.82) is 0 Å². The van der Waals surface area contributed by atoms with Crippen molar-refractivity contribution >= 4 is 35.1 Å². The highest BCUT2D eigenvalue weighted by Crippen LogP contribution is 2.21. The maximum absolute atomic E-state index is 12.3. The molecule has 0 aliphatic heterocycles. The van der Waals surface area contributed by atoms with E-state index in [9.17, 15) is 4.79 Å². The molecule has 3 aromatic rings. The highest BCUT2D eigenvalue weighted by Gasteiger charge is 2.14. The van der Waals surface area contributed by atoms with Crippen LogP contribution in [0.25, 0.3) is 0 Å². The number of nitrogens with zero attached hydrogens (tertiary/aromatic N) is 3. The second-order valence-corrected chi connectivity index (χ2v) is 7.79. The molecule has 0 atom stereocenters. The molecule has 29 heavy (non-hydrogen) atoms. The van der Waals surface area contributed by atoms with Crippen molar-refractivity contribution in [2.45, 2.75) is 23.2 Å². The lowest BCUT2D eigenvalue weighted by atomic mass is 10.3. The Balaban J connectivity index is 1.60. The number of amides is 1. The summed E-state index contributed by atoms with van der Waals surface area (Å²) >= 11 is 2.97. The average Bonchev–Trinajstić information content (AvgIpc) is 3.13. The molecule has 0 aliphatic carbocycles. The minimum atomic E-state index is -0.0940. The zero-order chi connectivity index (χ0) is 20.5. The van der Waals surface area contributed by atoms with Crippen LogP contribution < -0.4 is 10.1 Å². The van der Waals surface area contributed by atoms with Gasteiger partial charge in [-0.2, -0.15) is 0 Å². The standard InChI is InChI=1S/C21H22N4O2S2/c1-3-12-25-19(14-27-17-9-5-4-6-10-17)23-24-21(25)29-15-20(26)22-16-8-7-11-18(13-16)28-2/h3-11,13H,1,12,14-15H2,2H3,(H,22,26). The molecule has 6 nitrogen and oxygen atoms in total. The van der Waals surface area contributed by atoms with Gasteiger partial charge in [-0.3, -0.25) is 9.36 Å². The SMILES string of the molecule is C=CCn1c(COc2ccccc2)nnc1SCC(=O)Nc1cccc(SC)c1. The van der Waals surface area contributed by atoms with Crippen LogP contribution >= 0.6 is 23.5 Å². The number of allylic oxidation sites excluding steroid dienone is 1. The number of ether oxygens (including phenoxy) is 1. The highest BCUT2D eigenvalue weighted by molar-refractivity contribution is 7.99. The molecule has 150 valence electrons. The number of carbonyl (C=O) groups excluding carboxylic acids is 1. The van der Waals surface area contributed by atoms with E-state index >= 15 is 0 Å². The third-order valence-corrected chi connectivity index (χ3v) is 5.59. The van der Waals surface area contributed by atoms with E-state index in [4.69, 9.17) is 4.74 Å². The lowest BCUT2D eigenvalue weighted by Crippen LogP contribution is -2.15. The van der Waals surface area contributed by atoms with Gasteiger partial charge in [0.05, 0.1) is 5.75 Å². The van der Waals surface area contributed by atoms with Gasteiger partial charge in [0.25, 0.3) is 0 Å². The number of hydrogen-bond acceptors (Lipinski definition) is 6. The van der Waals surface area contributed by atoms with Crippen molar-refractivity contribution in [2.24, 2.45) is 0 Å². The summed E-state index contributed by atoms with van der Waals surface area (Å²) in [6, 6.07) is 17.3. The molecule has 2 aromatic carbocycles. The van der Waals surface area contributed by atoms with E-state index in [-0.39, 0.29) is 11.7 Å². The van der Waals surface area contributed by atoms with E-state index in [1.807, 2.05) is 65.4 Å². The van der Waals surface area contributed by atoms with Crippen LogP contribution in [0.15, 0.2) is 77.3 Å². The van der Waals surface area contributed by atoms with Gasteiger partial charge in [-0.25, -0.2) is 0 Å². The molecule has 0 fully saturated rings.